The van der Waals surface area contributed by atoms with Gasteiger partial charge in [0.05, 0.1) is 6.10 Å². The number of benzene rings is 2. The molecule has 1 unspecified atom stereocenters. The molecule has 3 N–H and O–H groups in total. The summed E-state index contributed by atoms with van der Waals surface area (Å²) in [7, 11) is 0. The predicted molar refractivity (Wildman–Crippen MR) is 116 cm³/mol. The minimum Gasteiger partial charge on any atom is -0.480 e. The fourth-order valence-electron chi connectivity index (χ4n) is 4.57. The Morgan fingerprint density at radius 1 is 1.06 bits per heavy atom. The minimum absolute atomic E-state index is 0.0396. The summed E-state index contributed by atoms with van der Waals surface area (Å²) in [5.41, 5.74) is 2.97. The molecule has 2 aromatic carbocycles. The van der Waals surface area contributed by atoms with Gasteiger partial charge in [0.15, 0.2) is 0 Å². The molecule has 4 rings (SSSR count). The molecule has 0 radical (unpaired) electrons. The van der Waals surface area contributed by atoms with Crippen LogP contribution in [0.4, 0.5) is 4.79 Å². The number of β-amino-alcohol motifs (C(OH)–C–C–N with tert-alkyl or cyclic N) is 1. The lowest BCUT2D eigenvalue weighted by Gasteiger charge is -2.32. The second kappa shape index (κ2) is 8.27. The normalized spacial score (nSPS) is 19.9. The second-order valence-corrected chi connectivity index (χ2v) is 8.78. The lowest BCUT2D eigenvalue weighted by molar-refractivity contribution is -0.150. The molecule has 2 aliphatic rings. The quantitative estimate of drug-likeness (QED) is 0.660. The van der Waals surface area contributed by atoms with Gasteiger partial charge in [-0.2, -0.15) is 0 Å². The minimum atomic E-state index is -1.40. The molecule has 1 aliphatic carbocycles. The zero-order valence-corrected chi connectivity index (χ0v) is 17.9. The molecule has 8 heteroatoms. The maximum atomic E-state index is 12.9. The molecule has 1 heterocycles. The zero-order valence-electron chi connectivity index (χ0n) is 17.9. The molecule has 0 bridgehead atoms. The zero-order chi connectivity index (χ0) is 23.0. The van der Waals surface area contributed by atoms with E-state index < -0.39 is 35.7 Å². The number of amides is 2. The number of nitrogens with zero attached hydrogens (tertiary/aromatic N) is 1. The molecular formula is C24H26N2O6. The number of hydrogen-bond acceptors (Lipinski definition) is 5. The molecule has 0 saturated carbocycles. The maximum absolute atomic E-state index is 12.9. The number of alkyl carbamates (subject to hydrolysis) is 1. The van der Waals surface area contributed by atoms with Crippen molar-refractivity contribution in [3.8, 4) is 11.1 Å². The molecule has 0 aromatic heterocycles. The number of aliphatic carboxylic acids is 1. The van der Waals surface area contributed by atoms with E-state index >= 15 is 0 Å². The first-order valence-corrected chi connectivity index (χ1v) is 10.5. The third-order valence-electron chi connectivity index (χ3n) is 6.12. The first-order valence-electron chi connectivity index (χ1n) is 10.5. The number of hydrogen-bond donors (Lipinski definition) is 3. The molecule has 2 aromatic rings. The van der Waals surface area contributed by atoms with Crippen molar-refractivity contribution >= 4 is 18.0 Å². The first-order chi connectivity index (χ1) is 15.2. The lowest BCUT2D eigenvalue weighted by Crippen LogP contribution is -2.58. The number of carboxylic acids is 1. The SMILES string of the molecule is CC(C)(NC(=O)OCC1c2ccccc2-c2ccccc21)C(=O)N1CC(O)C[C@H]1C(=O)O. The first kappa shape index (κ1) is 21.8. The summed E-state index contributed by atoms with van der Waals surface area (Å²) < 4.78 is 5.50. The summed E-state index contributed by atoms with van der Waals surface area (Å²) in [6.45, 7) is 2.98. The number of fused-ring (bicyclic) bond motifs is 3. The number of carbonyl (C=O) groups is 3. The number of aliphatic hydroxyl groups is 1. The van der Waals surface area contributed by atoms with Crippen molar-refractivity contribution in [2.45, 2.75) is 43.9 Å². The van der Waals surface area contributed by atoms with Crippen LogP contribution in [0, 0.1) is 0 Å². The van der Waals surface area contributed by atoms with Crippen LogP contribution in [0.3, 0.4) is 0 Å². The molecule has 1 aliphatic heterocycles. The van der Waals surface area contributed by atoms with E-state index in [2.05, 4.69) is 5.32 Å². The topological polar surface area (TPSA) is 116 Å². The number of nitrogens with one attached hydrogen (secondary N) is 1. The van der Waals surface area contributed by atoms with Crippen molar-refractivity contribution in [2.75, 3.05) is 13.2 Å². The number of carbonyl (C=O) groups excluding carboxylic acids is 2. The third-order valence-corrected chi connectivity index (χ3v) is 6.12. The summed E-state index contributed by atoms with van der Waals surface area (Å²) in [5, 5.41) is 21.7. The number of carboxylic acid groups (broad SMARTS) is 1. The Kier molecular flexibility index (Phi) is 5.64. The summed E-state index contributed by atoms with van der Waals surface area (Å²) in [6.07, 6.45) is -1.72. The predicted octanol–water partition coefficient (Wildman–Crippen LogP) is 2.35. The van der Waals surface area contributed by atoms with Crippen LogP contribution in [0.25, 0.3) is 11.1 Å². The van der Waals surface area contributed by atoms with E-state index in [0.717, 1.165) is 27.2 Å². The molecule has 1 fully saturated rings. The summed E-state index contributed by atoms with van der Waals surface area (Å²) in [5.74, 6) is -1.89. The van der Waals surface area contributed by atoms with Crippen molar-refractivity contribution in [1.82, 2.24) is 10.2 Å². The molecule has 8 nitrogen and oxygen atoms in total. The van der Waals surface area contributed by atoms with Crippen molar-refractivity contribution in [1.29, 1.82) is 0 Å². The Morgan fingerprint density at radius 3 is 2.19 bits per heavy atom. The highest BCUT2D eigenvalue weighted by molar-refractivity contribution is 5.92. The van der Waals surface area contributed by atoms with E-state index in [1.807, 2.05) is 48.5 Å². The van der Waals surface area contributed by atoms with Gasteiger partial charge in [-0.15, -0.1) is 0 Å². The largest absolute Gasteiger partial charge is 0.480 e. The van der Waals surface area contributed by atoms with Gasteiger partial charge in [0.1, 0.15) is 18.2 Å². The van der Waals surface area contributed by atoms with Crippen LogP contribution >= 0.6 is 0 Å². The van der Waals surface area contributed by atoms with E-state index in [9.17, 15) is 24.6 Å². The van der Waals surface area contributed by atoms with E-state index in [4.69, 9.17) is 4.74 Å². The number of rotatable bonds is 5. The molecule has 1 saturated heterocycles. The van der Waals surface area contributed by atoms with Crippen molar-refractivity contribution in [2.24, 2.45) is 0 Å². The Bertz CT molecular complexity index is 1020. The Morgan fingerprint density at radius 2 is 1.62 bits per heavy atom. The smallest absolute Gasteiger partial charge is 0.408 e. The van der Waals surface area contributed by atoms with Crippen LogP contribution in [0.15, 0.2) is 48.5 Å². The van der Waals surface area contributed by atoms with Crippen LogP contribution in [0.2, 0.25) is 0 Å². The van der Waals surface area contributed by atoms with Gasteiger partial charge < -0.3 is 25.2 Å². The molecule has 32 heavy (non-hydrogen) atoms. The number of aliphatic hydroxyl groups excluding tert-OH is 1. The average molecular weight is 438 g/mol. The summed E-state index contributed by atoms with van der Waals surface area (Å²) in [4.78, 5) is 38.0. The van der Waals surface area contributed by atoms with Gasteiger partial charge in [0.2, 0.25) is 5.91 Å². The molecular weight excluding hydrogens is 412 g/mol. The molecule has 2 atom stereocenters. The maximum Gasteiger partial charge on any atom is 0.408 e. The van der Waals surface area contributed by atoms with Crippen molar-refractivity contribution < 1.29 is 29.3 Å². The van der Waals surface area contributed by atoms with Gasteiger partial charge in [0, 0.05) is 18.9 Å². The molecule has 168 valence electrons. The number of ether oxygens (including phenoxy) is 1. The number of likely N-dealkylation sites (tertiary alicyclic amines) is 1. The molecule has 0 spiro atoms. The average Bonchev–Trinajstić information content (AvgIpc) is 3.30. The van der Waals surface area contributed by atoms with Crippen LogP contribution in [-0.2, 0) is 14.3 Å². The van der Waals surface area contributed by atoms with Crippen molar-refractivity contribution in [3.63, 3.8) is 0 Å². The molecule has 2 amide bonds. The Labute approximate surface area is 185 Å². The Balaban J connectivity index is 1.43. The van der Waals surface area contributed by atoms with Gasteiger partial charge in [-0.05, 0) is 36.1 Å². The van der Waals surface area contributed by atoms with Gasteiger partial charge in [0.25, 0.3) is 0 Å². The summed E-state index contributed by atoms with van der Waals surface area (Å²) >= 11 is 0. The summed E-state index contributed by atoms with van der Waals surface area (Å²) in [6, 6.07) is 14.8. The van der Waals surface area contributed by atoms with E-state index in [1.54, 1.807) is 0 Å². The van der Waals surface area contributed by atoms with Gasteiger partial charge >= 0.3 is 12.1 Å². The van der Waals surface area contributed by atoms with Gasteiger partial charge in [-0.1, -0.05) is 48.5 Å². The van der Waals surface area contributed by atoms with Crippen LogP contribution in [0.5, 0.6) is 0 Å². The third kappa shape index (κ3) is 3.93. The highest BCUT2D eigenvalue weighted by Crippen LogP contribution is 2.44. The van der Waals surface area contributed by atoms with Crippen LogP contribution < -0.4 is 5.32 Å². The highest BCUT2D eigenvalue weighted by atomic mass is 16.5. The van der Waals surface area contributed by atoms with Crippen LogP contribution in [0.1, 0.15) is 37.3 Å². The van der Waals surface area contributed by atoms with Gasteiger partial charge in [-0.25, -0.2) is 9.59 Å². The second-order valence-electron chi connectivity index (χ2n) is 8.78. The lowest BCUT2D eigenvalue weighted by atomic mass is 9.98. The monoisotopic (exact) mass is 438 g/mol. The standard InChI is InChI=1S/C24H26N2O6/c1-24(2,22(30)26-12-14(27)11-20(26)21(28)29)25-23(31)32-13-19-17-9-5-3-7-15(17)16-8-4-6-10-18(16)19/h3-10,14,19-20,27H,11-13H2,1-2H3,(H,25,31)(H,28,29)/t14?,20-/m0/s1. The van der Waals surface area contributed by atoms with Crippen LogP contribution in [-0.4, -0.2) is 63.9 Å². The van der Waals surface area contributed by atoms with E-state index in [0.29, 0.717) is 0 Å². The van der Waals surface area contributed by atoms with Gasteiger partial charge in [-0.3, -0.25) is 4.79 Å². The van der Waals surface area contributed by atoms with E-state index in [1.165, 1.54) is 13.8 Å². The fourth-order valence-corrected chi connectivity index (χ4v) is 4.57. The highest BCUT2D eigenvalue weighted by Gasteiger charge is 2.44. The Hall–Kier alpha value is -3.39. The van der Waals surface area contributed by atoms with Crippen molar-refractivity contribution in [3.05, 3.63) is 59.7 Å². The van der Waals surface area contributed by atoms with E-state index in [-0.39, 0.29) is 25.5 Å². The fraction of sp³-hybridized carbons (Fsp3) is 0.375.